The van der Waals surface area contributed by atoms with Gasteiger partial charge in [0.2, 0.25) is 11.8 Å². The van der Waals surface area contributed by atoms with Crippen LogP contribution in [0.25, 0.3) is 0 Å². The largest absolute Gasteiger partial charge is 0.381 e. The van der Waals surface area contributed by atoms with Crippen molar-refractivity contribution in [2.75, 3.05) is 46.0 Å². The molecule has 0 aromatic heterocycles. The second-order valence-corrected chi connectivity index (χ2v) is 7.95. The van der Waals surface area contributed by atoms with Gasteiger partial charge in [-0.25, -0.2) is 0 Å². The lowest BCUT2D eigenvalue weighted by Crippen LogP contribution is -2.67. The van der Waals surface area contributed by atoms with Crippen molar-refractivity contribution < 1.29 is 19.1 Å². The van der Waals surface area contributed by atoms with Gasteiger partial charge < -0.3 is 19.3 Å². The zero-order valence-corrected chi connectivity index (χ0v) is 14.4. The van der Waals surface area contributed by atoms with E-state index in [9.17, 15) is 9.59 Å². The van der Waals surface area contributed by atoms with Gasteiger partial charge in [0.1, 0.15) is 5.60 Å². The summed E-state index contributed by atoms with van der Waals surface area (Å²) in [4.78, 5) is 28.3. The van der Waals surface area contributed by atoms with Crippen molar-refractivity contribution in [2.24, 2.45) is 11.8 Å². The molecule has 134 valence electrons. The summed E-state index contributed by atoms with van der Waals surface area (Å²) in [6, 6.07) is 0. The molecule has 4 saturated heterocycles. The fourth-order valence-electron chi connectivity index (χ4n) is 4.47. The minimum absolute atomic E-state index is 0.0591. The maximum Gasteiger partial charge on any atom is 0.228 e. The van der Waals surface area contributed by atoms with E-state index in [-0.39, 0.29) is 17.4 Å². The van der Waals surface area contributed by atoms with Gasteiger partial charge in [0.15, 0.2) is 0 Å². The maximum atomic E-state index is 12.4. The van der Waals surface area contributed by atoms with Crippen LogP contribution in [-0.2, 0) is 19.1 Å². The van der Waals surface area contributed by atoms with E-state index in [1.807, 2.05) is 9.80 Å². The van der Waals surface area contributed by atoms with Crippen LogP contribution in [0.2, 0.25) is 0 Å². The number of hydrogen-bond acceptors (Lipinski definition) is 4. The Labute approximate surface area is 143 Å². The molecule has 0 aromatic rings. The second-order valence-electron chi connectivity index (χ2n) is 7.95. The Balaban J connectivity index is 1.22. The molecule has 0 aliphatic carbocycles. The van der Waals surface area contributed by atoms with Crippen molar-refractivity contribution in [3.05, 3.63) is 0 Å². The van der Waals surface area contributed by atoms with Crippen molar-refractivity contribution in [3.8, 4) is 0 Å². The first-order chi connectivity index (χ1) is 11.7. The van der Waals surface area contributed by atoms with Gasteiger partial charge in [-0.05, 0) is 32.1 Å². The second kappa shape index (κ2) is 6.64. The van der Waals surface area contributed by atoms with Crippen LogP contribution in [0.4, 0.5) is 0 Å². The Morgan fingerprint density at radius 1 is 1.21 bits per heavy atom. The molecule has 2 amide bonds. The topological polar surface area (TPSA) is 59.1 Å². The molecule has 4 aliphatic rings. The average molecular weight is 336 g/mol. The Bertz CT molecular complexity index is 487. The molecule has 6 nitrogen and oxygen atoms in total. The Morgan fingerprint density at radius 3 is 2.75 bits per heavy atom. The van der Waals surface area contributed by atoms with E-state index in [0.717, 1.165) is 64.9 Å². The average Bonchev–Trinajstić information content (AvgIpc) is 3.10. The fraction of sp³-hybridized carbons (Fsp3) is 0.889. The first-order valence-corrected chi connectivity index (χ1v) is 9.43. The normalized spacial score (nSPS) is 32.9. The lowest BCUT2D eigenvalue weighted by Gasteiger charge is -2.53. The number of rotatable bonds is 3. The van der Waals surface area contributed by atoms with E-state index in [4.69, 9.17) is 9.47 Å². The SMILES string of the molecule is O=C1CCCCN1C[C@H]1CCC2(CN(C(=O)[C@H]3CCOC3)C2)OC1. The molecule has 0 unspecified atom stereocenters. The van der Waals surface area contributed by atoms with E-state index >= 15 is 0 Å². The number of ether oxygens (including phenoxy) is 2. The van der Waals surface area contributed by atoms with Crippen LogP contribution < -0.4 is 0 Å². The van der Waals surface area contributed by atoms with Crippen molar-refractivity contribution >= 4 is 11.8 Å². The maximum absolute atomic E-state index is 12.4. The zero-order valence-electron chi connectivity index (χ0n) is 14.4. The van der Waals surface area contributed by atoms with E-state index in [2.05, 4.69) is 0 Å². The van der Waals surface area contributed by atoms with Crippen LogP contribution >= 0.6 is 0 Å². The predicted octanol–water partition coefficient (Wildman–Crippen LogP) is 1.04. The summed E-state index contributed by atoms with van der Waals surface area (Å²) in [7, 11) is 0. The van der Waals surface area contributed by atoms with Crippen molar-refractivity contribution in [3.63, 3.8) is 0 Å². The van der Waals surface area contributed by atoms with Gasteiger partial charge in [-0.1, -0.05) is 0 Å². The summed E-state index contributed by atoms with van der Waals surface area (Å²) in [5, 5.41) is 0. The molecule has 24 heavy (non-hydrogen) atoms. The predicted molar refractivity (Wildman–Crippen MR) is 87.3 cm³/mol. The summed E-state index contributed by atoms with van der Waals surface area (Å²) in [6.07, 6.45) is 5.83. The van der Waals surface area contributed by atoms with E-state index < -0.39 is 0 Å². The number of nitrogens with zero attached hydrogens (tertiary/aromatic N) is 2. The van der Waals surface area contributed by atoms with Crippen LogP contribution in [-0.4, -0.2) is 73.2 Å². The molecule has 4 rings (SSSR count). The highest BCUT2D eigenvalue weighted by Gasteiger charge is 2.49. The van der Waals surface area contributed by atoms with Gasteiger partial charge in [-0.15, -0.1) is 0 Å². The smallest absolute Gasteiger partial charge is 0.228 e. The molecule has 0 radical (unpaired) electrons. The Morgan fingerprint density at radius 2 is 2.08 bits per heavy atom. The molecule has 6 heteroatoms. The Hall–Kier alpha value is -1.14. The molecule has 4 aliphatic heterocycles. The van der Waals surface area contributed by atoms with Crippen molar-refractivity contribution in [2.45, 2.75) is 44.1 Å². The van der Waals surface area contributed by atoms with Gasteiger partial charge in [0.25, 0.3) is 0 Å². The molecule has 1 spiro atoms. The van der Waals surface area contributed by atoms with Gasteiger partial charge in [0.05, 0.1) is 32.2 Å². The van der Waals surface area contributed by atoms with Crippen LogP contribution in [0.3, 0.4) is 0 Å². The monoisotopic (exact) mass is 336 g/mol. The number of hydrogen-bond donors (Lipinski definition) is 0. The first-order valence-electron chi connectivity index (χ1n) is 9.43. The molecule has 0 saturated carbocycles. The lowest BCUT2D eigenvalue weighted by atomic mass is 9.82. The summed E-state index contributed by atoms with van der Waals surface area (Å²) in [5.41, 5.74) is -0.114. The number of likely N-dealkylation sites (tertiary alicyclic amines) is 2. The fourth-order valence-corrected chi connectivity index (χ4v) is 4.47. The summed E-state index contributed by atoms with van der Waals surface area (Å²) in [6.45, 7) is 5.23. The highest BCUT2D eigenvalue weighted by Crippen LogP contribution is 2.37. The standard InChI is InChI=1S/C18H28N2O4/c21-16-3-1-2-7-19(16)9-14-4-6-18(24-10-14)12-20(13-18)17(22)15-5-8-23-11-15/h14-15H,1-13H2/t14-,15+/m1/s1. The van der Waals surface area contributed by atoms with Crippen LogP contribution in [0, 0.1) is 11.8 Å². The third kappa shape index (κ3) is 3.18. The highest BCUT2D eigenvalue weighted by atomic mass is 16.5. The summed E-state index contributed by atoms with van der Waals surface area (Å²) >= 11 is 0. The van der Waals surface area contributed by atoms with Crippen LogP contribution in [0.5, 0.6) is 0 Å². The minimum Gasteiger partial charge on any atom is -0.381 e. The van der Waals surface area contributed by atoms with Crippen molar-refractivity contribution in [1.82, 2.24) is 9.80 Å². The minimum atomic E-state index is -0.114. The van der Waals surface area contributed by atoms with Gasteiger partial charge in [-0.3, -0.25) is 9.59 Å². The molecule has 4 heterocycles. The van der Waals surface area contributed by atoms with E-state index in [1.54, 1.807) is 0 Å². The molecule has 0 aromatic carbocycles. The number of piperidine rings is 1. The molecule has 2 atom stereocenters. The van der Waals surface area contributed by atoms with Gasteiger partial charge in [0, 0.05) is 32.0 Å². The van der Waals surface area contributed by atoms with Gasteiger partial charge >= 0.3 is 0 Å². The van der Waals surface area contributed by atoms with Crippen LogP contribution in [0.15, 0.2) is 0 Å². The van der Waals surface area contributed by atoms with E-state index in [0.29, 0.717) is 31.5 Å². The number of carbonyl (C=O) groups is 2. The summed E-state index contributed by atoms with van der Waals surface area (Å²) < 4.78 is 11.5. The molecule has 0 bridgehead atoms. The first kappa shape index (κ1) is 16.3. The zero-order chi connectivity index (χ0) is 16.6. The quantitative estimate of drug-likeness (QED) is 0.773. The molecular weight excluding hydrogens is 308 g/mol. The van der Waals surface area contributed by atoms with Gasteiger partial charge in [-0.2, -0.15) is 0 Å². The number of carbonyl (C=O) groups excluding carboxylic acids is 2. The lowest BCUT2D eigenvalue weighted by molar-refractivity contribution is -0.192. The molecule has 0 N–H and O–H groups in total. The van der Waals surface area contributed by atoms with Crippen LogP contribution in [0.1, 0.15) is 38.5 Å². The van der Waals surface area contributed by atoms with E-state index in [1.165, 1.54) is 0 Å². The third-order valence-electron chi connectivity index (χ3n) is 6.08. The number of amides is 2. The van der Waals surface area contributed by atoms with Crippen molar-refractivity contribution in [1.29, 1.82) is 0 Å². The molecular formula is C18H28N2O4. The molecule has 4 fully saturated rings. The highest BCUT2D eigenvalue weighted by molar-refractivity contribution is 5.80. The third-order valence-corrected chi connectivity index (χ3v) is 6.08. The Kier molecular flexibility index (Phi) is 4.52. The summed E-state index contributed by atoms with van der Waals surface area (Å²) in [5.74, 6) is 1.05.